The number of fused-ring (bicyclic) bond motifs is 3. The summed E-state index contributed by atoms with van der Waals surface area (Å²) in [5.41, 5.74) is 3.68. The molecule has 11 nitrogen and oxygen atoms in total. The number of benzene rings is 1. The number of hydrogen-bond acceptors (Lipinski definition) is 9. The van der Waals surface area contributed by atoms with Crippen LogP contribution < -0.4 is 5.73 Å². The van der Waals surface area contributed by atoms with Crippen LogP contribution in [0.2, 0.25) is 0 Å². The molecule has 1 fully saturated rings. The van der Waals surface area contributed by atoms with Crippen molar-refractivity contribution >= 4 is 23.2 Å². The number of rotatable bonds is 4. The van der Waals surface area contributed by atoms with Gasteiger partial charge >= 0.3 is 0 Å². The zero-order valence-corrected chi connectivity index (χ0v) is 22.3. The van der Waals surface area contributed by atoms with Crippen LogP contribution in [0.1, 0.15) is 17.5 Å². The summed E-state index contributed by atoms with van der Waals surface area (Å²) in [6, 6.07) is 9.45. The number of primary amides is 1. The molecule has 3 aromatic rings. The fraction of sp³-hybridized carbons (Fsp3) is 0.267. The molecule has 1 aromatic carbocycles. The summed E-state index contributed by atoms with van der Waals surface area (Å²) >= 11 is 0. The second-order valence-corrected chi connectivity index (χ2v) is 10.9. The number of aliphatic hydroxyl groups excluding tert-OH is 2. The fourth-order valence-electron chi connectivity index (χ4n) is 6.70. The third-order valence-corrected chi connectivity index (χ3v) is 8.53. The van der Waals surface area contributed by atoms with Gasteiger partial charge in [-0.15, -0.1) is 0 Å². The molecular weight excluding hydrogens is 528 g/mol. The smallest absolute Gasteiger partial charge is 0.255 e. The van der Waals surface area contributed by atoms with Crippen molar-refractivity contribution in [1.29, 1.82) is 0 Å². The largest absolute Gasteiger partial charge is 0.508 e. The Morgan fingerprint density at radius 3 is 2.41 bits per heavy atom. The summed E-state index contributed by atoms with van der Waals surface area (Å²) in [4.78, 5) is 45.4. The highest BCUT2D eigenvalue weighted by atomic mass is 16.3. The predicted molar refractivity (Wildman–Crippen MR) is 147 cm³/mol. The van der Waals surface area contributed by atoms with E-state index in [0.717, 1.165) is 5.56 Å². The minimum absolute atomic E-state index is 0.0195. The average Bonchev–Trinajstić information content (AvgIpc) is 3.46. The van der Waals surface area contributed by atoms with Gasteiger partial charge in [0, 0.05) is 35.6 Å². The minimum Gasteiger partial charge on any atom is -0.508 e. The van der Waals surface area contributed by atoms with Crippen molar-refractivity contribution in [2.24, 2.45) is 17.6 Å². The van der Waals surface area contributed by atoms with Crippen LogP contribution in [0.25, 0.3) is 22.7 Å². The molecule has 4 unspecified atom stereocenters. The number of aromatic nitrogens is 2. The molecule has 6 rings (SSSR count). The number of nitrogens with two attached hydrogens (primary N) is 1. The lowest BCUT2D eigenvalue weighted by Gasteiger charge is -2.50. The van der Waals surface area contributed by atoms with Gasteiger partial charge in [-0.2, -0.15) is 0 Å². The number of Topliss-reactive ketones (excluding diaryl/α,β-unsaturated/α-hetero) is 2. The molecule has 0 radical (unpaired) electrons. The lowest BCUT2D eigenvalue weighted by molar-refractivity contribution is -0.153. The Labute approximate surface area is 234 Å². The molecule has 2 heterocycles. The van der Waals surface area contributed by atoms with Crippen molar-refractivity contribution in [3.05, 3.63) is 83.0 Å². The molecular formula is C30H28N4O7. The van der Waals surface area contributed by atoms with Crippen LogP contribution in [0.15, 0.2) is 71.9 Å². The maximum atomic E-state index is 14.0. The first-order valence-corrected chi connectivity index (χ1v) is 13.1. The Bertz CT molecular complexity index is 1690. The summed E-state index contributed by atoms with van der Waals surface area (Å²) in [6.07, 6.45) is 5.63. The van der Waals surface area contributed by atoms with E-state index >= 15 is 0 Å². The minimum atomic E-state index is -2.67. The van der Waals surface area contributed by atoms with Crippen molar-refractivity contribution in [1.82, 2.24) is 14.5 Å². The maximum Gasteiger partial charge on any atom is 0.255 e. The van der Waals surface area contributed by atoms with E-state index in [4.69, 9.17) is 5.73 Å². The standard InChI is InChI=1S/C30H28N4O7/c1-33(2)24-18-12-15-11-17-16(14-5-8-20(32-13-14)34-9-3-4-10-34)6-7-19(35)22(17)25(36)21(15)27(38)30(18,41)28(39)23(26(24)37)29(31)40/h3-10,13,15,18,24,35-36,39,41H,11-12H2,1-2H3,(H2,31,40). The number of aliphatic hydroxyl groups is 3. The SMILES string of the molecule is CN(C)C1C(=O)C(C(N)=O)=C(O)C2(O)C(=O)C3=C(O)c4c(O)ccc(-c5ccc(-n6cccc6)nc5)c4CC3CC12. The van der Waals surface area contributed by atoms with Crippen LogP contribution in [0, 0.1) is 11.8 Å². The molecule has 0 bridgehead atoms. The highest BCUT2D eigenvalue weighted by molar-refractivity contribution is 6.24. The van der Waals surface area contributed by atoms with Crippen molar-refractivity contribution in [2.75, 3.05) is 14.1 Å². The van der Waals surface area contributed by atoms with Gasteiger partial charge < -0.3 is 30.7 Å². The summed E-state index contributed by atoms with van der Waals surface area (Å²) in [5, 5.41) is 44.9. The zero-order chi connectivity index (χ0) is 29.4. The third-order valence-electron chi connectivity index (χ3n) is 8.53. The lowest BCUT2D eigenvalue weighted by Crippen LogP contribution is -2.65. The normalized spacial score (nSPS) is 25.7. The molecule has 3 aliphatic carbocycles. The number of carbonyl (C=O) groups is 3. The van der Waals surface area contributed by atoms with Gasteiger partial charge in [-0.3, -0.25) is 19.3 Å². The van der Waals surface area contributed by atoms with Crippen molar-refractivity contribution in [2.45, 2.75) is 24.5 Å². The van der Waals surface area contributed by atoms with E-state index in [-0.39, 0.29) is 29.7 Å². The van der Waals surface area contributed by atoms with E-state index in [9.17, 15) is 34.8 Å². The predicted octanol–water partition coefficient (Wildman–Crippen LogP) is 1.82. The molecule has 0 spiro atoms. The highest BCUT2D eigenvalue weighted by Gasteiger charge is 2.64. The van der Waals surface area contributed by atoms with Crippen LogP contribution >= 0.6 is 0 Å². The Morgan fingerprint density at radius 2 is 1.80 bits per heavy atom. The molecule has 210 valence electrons. The summed E-state index contributed by atoms with van der Waals surface area (Å²) in [5.74, 6) is -6.11. The number of hydrogen-bond donors (Lipinski definition) is 5. The van der Waals surface area contributed by atoms with Crippen molar-refractivity contribution < 1.29 is 34.8 Å². The monoisotopic (exact) mass is 556 g/mol. The Hall–Kier alpha value is -4.74. The molecule has 2 aromatic heterocycles. The quantitative estimate of drug-likeness (QED) is 0.300. The van der Waals surface area contributed by atoms with Gasteiger partial charge in [-0.25, -0.2) is 4.98 Å². The van der Waals surface area contributed by atoms with Gasteiger partial charge in [0.25, 0.3) is 5.91 Å². The van der Waals surface area contributed by atoms with Gasteiger partial charge in [0.2, 0.25) is 5.78 Å². The molecule has 6 N–H and O–H groups in total. The van der Waals surface area contributed by atoms with Crippen molar-refractivity contribution in [3.63, 3.8) is 0 Å². The number of likely N-dealkylation sites (N-methyl/N-ethyl adjacent to an activating group) is 1. The Morgan fingerprint density at radius 1 is 1.10 bits per heavy atom. The number of amides is 1. The van der Waals surface area contributed by atoms with Crippen LogP contribution in [-0.2, 0) is 20.8 Å². The van der Waals surface area contributed by atoms with Crippen molar-refractivity contribution in [3.8, 4) is 22.7 Å². The summed E-state index contributed by atoms with van der Waals surface area (Å²) < 4.78 is 1.85. The molecule has 3 aliphatic rings. The van der Waals surface area contributed by atoms with E-state index in [1.807, 2.05) is 41.2 Å². The van der Waals surface area contributed by atoms with Crippen LogP contribution in [0.3, 0.4) is 0 Å². The first-order valence-electron chi connectivity index (χ1n) is 13.1. The topological polar surface area (TPSA) is 179 Å². The van der Waals surface area contributed by atoms with Gasteiger partial charge in [0.1, 0.15) is 28.7 Å². The average molecular weight is 557 g/mol. The molecule has 11 heteroatoms. The maximum absolute atomic E-state index is 14.0. The number of carbonyl (C=O) groups excluding carboxylic acids is 3. The molecule has 1 amide bonds. The molecule has 0 saturated heterocycles. The van der Waals surface area contributed by atoms with Crippen LogP contribution in [0.4, 0.5) is 0 Å². The number of aromatic hydroxyl groups is 1. The van der Waals surface area contributed by atoms with Gasteiger partial charge in [-0.05, 0) is 74.3 Å². The highest BCUT2D eigenvalue weighted by Crippen LogP contribution is 2.53. The molecule has 4 atom stereocenters. The summed E-state index contributed by atoms with van der Waals surface area (Å²) in [7, 11) is 3.13. The molecule has 1 saturated carbocycles. The first kappa shape index (κ1) is 26.5. The van der Waals surface area contributed by atoms with Gasteiger partial charge in [0.05, 0.1) is 11.6 Å². The van der Waals surface area contributed by atoms with E-state index in [0.29, 0.717) is 16.9 Å². The number of phenolic OH excluding ortho intramolecular Hbond substituents is 1. The molecule has 0 aliphatic heterocycles. The summed E-state index contributed by atoms with van der Waals surface area (Å²) in [6.45, 7) is 0. The number of pyridine rings is 1. The van der Waals surface area contributed by atoms with Gasteiger partial charge in [-0.1, -0.05) is 6.07 Å². The van der Waals surface area contributed by atoms with E-state index in [2.05, 4.69) is 4.98 Å². The third kappa shape index (κ3) is 3.66. The second-order valence-electron chi connectivity index (χ2n) is 10.9. The molecule has 41 heavy (non-hydrogen) atoms. The fourth-order valence-corrected chi connectivity index (χ4v) is 6.70. The van der Waals surface area contributed by atoms with Gasteiger partial charge in [0.15, 0.2) is 11.4 Å². The van der Waals surface area contributed by atoms with Crippen LogP contribution in [-0.4, -0.2) is 78.1 Å². The number of ketones is 2. The first-order chi connectivity index (χ1) is 19.5. The van der Waals surface area contributed by atoms with E-state index in [1.54, 1.807) is 26.4 Å². The van der Waals surface area contributed by atoms with E-state index in [1.165, 1.54) is 11.0 Å². The number of phenols is 1. The lowest BCUT2D eigenvalue weighted by atomic mass is 9.57. The zero-order valence-electron chi connectivity index (χ0n) is 22.3. The Balaban J connectivity index is 1.50. The second kappa shape index (κ2) is 9.15. The van der Waals surface area contributed by atoms with E-state index < -0.39 is 58.0 Å². The Kier molecular flexibility index (Phi) is 5.91. The number of nitrogens with zero attached hydrogens (tertiary/aromatic N) is 3. The van der Waals surface area contributed by atoms with Crippen LogP contribution in [0.5, 0.6) is 5.75 Å².